The largest absolute Gasteiger partial charge is 0.296 e. The first-order valence-corrected chi connectivity index (χ1v) is 10.8. The van der Waals surface area contributed by atoms with Crippen molar-refractivity contribution in [1.82, 2.24) is 3.97 Å². The van der Waals surface area contributed by atoms with Crippen molar-refractivity contribution in [2.45, 2.75) is 11.8 Å². The summed E-state index contributed by atoms with van der Waals surface area (Å²) in [6, 6.07) is 21.2. The summed E-state index contributed by atoms with van der Waals surface area (Å²) in [6.45, 7) is 1.89. The number of hydrogen-bond donors (Lipinski definition) is 0. The van der Waals surface area contributed by atoms with E-state index in [1.807, 2.05) is 43.3 Å². The molecule has 0 unspecified atom stereocenters. The van der Waals surface area contributed by atoms with Crippen LogP contribution in [0, 0.1) is 6.92 Å². The molecule has 0 spiro atoms. The highest BCUT2D eigenvalue weighted by Crippen LogP contribution is 2.37. The number of benzene rings is 3. The molecule has 1 heterocycles. The van der Waals surface area contributed by atoms with Gasteiger partial charge in [-0.1, -0.05) is 64.0 Å². The summed E-state index contributed by atoms with van der Waals surface area (Å²) in [5.41, 5.74) is 2.93. The standard InChI is InChI=1S/C22H16BrNO3S/c1-15-6-12-18(13-7-15)28(26,27)24-20-5-3-2-4-19(20)22(21(24)14-25)16-8-10-17(23)11-9-16/h2-14H,1H3. The Labute approximate surface area is 171 Å². The van der Waals surface area contributed by atoms with E-state index in [-0.39, 0.29) is 10.6 Å². The first kappa shape index (κ1) is 18.7. The summed E-state index contributed by atoms with van der Waals surface area (Å²) in [7, 11) is -3.94. The third-order valence-corrected chi connectivity index (χ3v) is 6.94. The van der Waals surface area contributed by atoms with Crippen LogP contribution in [0.5, 0.6) is 0 Å². The molecule has 0 N–H and O–H groups in total. The number of fused-ring (bicyclic) bond motifs is 1. The van der Waals surface area contributed by atoms with Gasteiger partial charge in [0.25, 0.3) is 10.0 Å². The van der Waals surface area contributed by atoms with Gasteiger partial charge >= 0.3 is 0 Å². The van der Waals surface area contributed by atoms with Crippen LogP contribution in [0.4, 0.5) is 0 Å². The highest BCUT2D eigenvalue weighted by molar-refractivity contribution is 9.10. The van der Waals surface area contributed by atoms with Crippen LogP contribution in [0.3, 0.4) is 0 Å². The molecule has 4 aromatic rings. The lowest BCUT2D eigenvalue weighted by atomic mass is 10.0. The number of hydrogen-bond acceptors (Lipinski definition) is 3. The zero-order valence-electron chi connectivity index (χ0n) is 15.0. The molecule has 4 nitrogen and oxygen atoms in total. The molecule has 0 aliphatic rings. The molecule has 0 radical (unpaired) electrons. The predicted octanol–water partition coefficient (Wildman–Crippen LogP) is 5.43. The molecule has 1 aromatic heterocycles. The second-order valence-corrected chi connectivity index (χ2v) is 9.19. The van der Waals surface area contributed by atoms with E-state index in [2.05, 4.69) is 15.9 Å². The summed E-state index contributed by atoms with van der Waals surface area (Å²) in [6.07, 6.45) is 0.614. The normalized spacial score (nSPS) is 11.6. The van der Waals surface area contributed by atoms with E-state index in [0.717, 1.165) is 19.6 Å². The lowest BCUT2D eigenvalue weighted by molar-refractivity contribution is 0.111. The Balaban J connectivity index is 2.09. The van der Waals surface area contributed by atoms with Crippen LogP contribution in [0.1, 0.15) is 16.1 Å². The van der Waals surface area contributed by atoms with Crippen LogP contribution in [0.25, 0.3) is 22.0 Å². The molecule has 0 aliphatic heterocycles. The zero-order valence-corrected chi connectivity index (χ0v) is 17.4. The predicted molar refractivity (Wildman–Crippen MR) is 114 cm³/mol. The maximum atomic E-state index is 13.4. The lowest BCUT2D eigenvalue weighted by Gasteiger charge is -2.10. The summed E-state index contributed by atoms with van der Waals surface area (Å²) in [4.78, 5) is 12.2. The molecule has 0 amide bonds. The van der Waals surface area contributed by atoms with E-state index in [1.54, 1.807) is 36.4 Å². The third kappa shape index (κ3) is 2.99. The molecule has 28 heavy (non-hydrogen) atoms. The highest BCUT2D eigenvalue weighted by atomic mass is 79.9. The van der Waals surface area contributed by atoms with Gasteiger partial charge in [-0.05, 0) is 42.8 Å². The minimum atomic E-state index is -3.94. The number of carbonyl (C=O) groups excluding carboxylic acids is 1. The zero-order chi connectivity index (χ0) is 19.9. The first-order valence-electron chi connectivity index (χ1n) is 8.60. The van der Waals surface area contributed by atoms with Crippen molar-refractivity contribution >= 4 is 43.1 Å². The smallest absolute Gasteiger partial charge is 0.268 e. The van der Waals surface area contributed by atoms with E-state index in [9.17, 15) is 13.2 Å². The van der Waals surface area contributed by atoms with Crippen molar-refractivity contribution in [2.24, 2.45) is 0 Å². The topological polar surface area (TPSA) is 56.1 Å². The maximum Gasteiger partial charge on any atom is 0.268 e. The van der Waals surface area contributed by atoms with E-state index >= 15 is 0 Å². The molecular weight excluding hydrogens is 438 g/mol. The van der Waals surface area contributed by atoms with Crippen LogP contribution >= 0.6 is 15.9 Å². The number of aldehydes is 1. The Hall–Kier alpha value is -2.70. The molecule has 0 saturated carbocycles. The molecule has 0 saturated heterocycles. The number of halogens is 1. The molecule has 140 valence electrons. The molecule has 4 rings (SSSR count). The lowest BCUT2D eigenvalue weighted by Crippen LogP contribution is -2.15. The fourth-order valence-corrected chi connectivity index (χ4v) is 5.10. The van der Waals surface area contributed by atoms with Gasteiger partial charge in [-0.2, -0.15) is 0 Å². The fraction of sp³-hybridized carbons (Fsp3) is 0.0455. The van der Waals surface area contributed by atoms with Crippen LogP contribution in [0.15, 0.2) is 82.2 Å². The molecule has 0 atom stereocenters. The van der Waals surface area contributed by atoms with Gasteiger partial charge in [-0.15, -0.1) is 0 Å². The molecular formula is C22H16BrNO3S. The molecule has 0 fully saturated rings. The SMILES string of the molecule is Cc1ccc(S(=O)(=O)n2c(C=O)c(-c3ccc(Br)cc3)c3ccccc32)cc1. The number of aromatic nitrogens is 1. The van der Waals surface area contributed by atoms with Crippen molar-refractivity contribution in [3.05, 3.63) is 88.5 Å². The van der Waals surface area contributed by atoms with E-state index < -0.39 is 10.0 Å². The Kier molecular flexibility index (Phi) is 4.69. The van der Waals surface area contributed by atoms with Gasteiger partial charge in [-0.25, -0.2) is 12.4 Å². The summed E-state index contributed by atoms with van der Waals surface area (Å²) in [5, 5.41) is 0.711. The van der Waals surface area contributed by atoms with Crippen LogP contribution in [-0.4, -0.2) is 18.7 Å². The number of rotatable bonds is 4. The average Bonchev–Trinajstić information content (AvgIpc) is 3.04. The van der Waals surface area contributed by atoms with Crippen LogP contribution < -0.4 is 0 Å². The minimum absolute atomic E-state index is 0.115. The Morgan fingerprint density at radius 1 is 0.893 bits per heavy atom. The van der Waals surface area contributed by atoms with E-state index in [0.29, 0.717) is 22.8 Å². The van der Waals surface area contributed by atoms with Gasteiger partial charge in [0.1, 0.15) is 5.69 Å². The van der Waals surface area contributed by atoms with Crippen molar-refractivity contribution in [2.75, 3.05) is 0 Å². The van der Waals surface area contributed by atoms with Crippen LogP contribution in [-0.2, 0) is 10.0 Å². The number of carbonyl (C=O) groups is 1. The number of nitrogens with zero attached hydrogens (tertiary/aromatic N) is 1. The van der Waals surface area contributed by atoms with E-state index in [4.69, 9.17) is 0 Å². The van der Waals surface area contributed by atoms with Gasteiger partial charge in [0.2, 0.25) is 0 Å². The van der Waals surface area contributed by atoms with Crippen LogP contribution in [0.2, 0.25) is 0 Å². The summed E-state index contributed by atoms with van der Waals surface area (Å²) >= 11 is 3.41. The summed E-state index contributed by atoms with van der Waals surface area (Å²) < 4.78 is 28.9. The average molecular weight is 454 g/mol. The second-order valence-electron chi connectivity index (χ2n) is 6.48. The highest BCUT2D eigenvalue weighted by Gasteiger charge is 2.27. The van der Waals surface area contributed by atoms with Crippen molar-refractivity contribution in [3.8, 4) is 11.1 Å². The Bertz CT molecular complexity index is 1290. The van der Waals surface area contributed by atoms with Gasteiger partial charge < -0.3 is 0 Å². The van der Waals surface area contributed by atoms with Crippen molar-refractivity contribution in [3.63, 3.8) is 0 Å². The molecule has 0 bridgehead atoms. The molecule has 6 heteroatoms. The minimum Gasteiger partial charge on any atom is -0.296 e. The van der Waals surface area contributed by atoms with E-state index in [1.165, 1.54) is 0 Å². The first-order chi connectivity index (χ1) is 13.4. The Morgan fingerprint density at radius 3 is 2.18 bits per heavy atom. The Morgan fingerprint density at radius 2 is 1.54 bits per heavy atom. The van der Waals surface area contributed by atoms with Gasteiger partial charge in [0.15, 0.2) is 6.29 Å². The number of aryl methyl sites for hydroxylation is 1. The summed E-state index contributed by atoms with van der Waals surface area (Å²) in [5.74, 6) is 0. The third-order valence-electron chi connectivity index (χ3n) is 4.67. The maximum absolute atomic E-state index is 13.4. The van der Waals surface area contributed by atoms with Gasteiger partial charge in [-0.3, -0.25) is 4.79 Å². The molecule has 3 aromatic carbocycles. The van der Waals surface area contributed by atoms with Gasteiger partial charge in [0, 0.05) is 15.4 Å². The van der Waals surface area contributed by atoms with Crippen molar-refractivity contribution < 1.29 is 13.2 Å². The molecule has 0 aliphatic carbocycles. The second kappa shape index (κ2) is 7.04. The van der Waals surface area contributed by atoms with Crippen molar-refractivity contribution in [1.29, 1.82) is 0 Å². The fourth-order valence-electron chi connectivity index (χ4n) is 3.33. The number of para-hydroxylation sites is 1. The quantitative estimate of drug-likeness (QED) is 0.387. The monoisotopic (exact) mass is 453 g/mol. The van der Waals surface area contributed by atoms with Gasteiger partial charge in [0.05, 0.1) is 10.4 Å².